The summed E-state index contributed by atoms with van der Waals surface area (Å²) in [5.41, 5.74) is 2.18. The molecular formula is C21H20ClN5O4. The molecule has 1 aliphatic heterocycles. The summed E-state index contributed by atoms with van der Waals surface area (Å²) < 4.78 is 12.3. The second-order valence-electron chi connectivity index (χ2n) is 6.62. The fourth-order valence-electron chi connectivity index (χ4n) is 2.93. The highest BCUT2D eigenvalue weighted by atomic mass is 35.5. The third-order valence-corrected chi connectivity index (χ3v) is 4.63. The molecule has 160 valence electrons. The number of allylic oxidation sites excluding steroid dienone is 2. The highest BCUT2D eigenvalue weighted by molar-refractivity contribution is 6.29. The first-order valence-electron chi connectivity index (χ1n) is 9.23. The summed E-state index contributed by atoms with van der Waals surface area (Å²) >= 11 is 6.08. The van der Waals surface area contributed by atoms with Gasteiger partial charge in [0.15, 0.2) is 12.4 Å². The number of nitrogens with zero attached hydrogens (tertiary/aromatic N) is 3. The normalized spacial score (nSPS) is 14.6. The molecule has 9 nitrogen and oxygen atoms in total. The number of aryl methyl sites for hydroxylation is 1. The van der Waals surface area contributed by atoms with E-state index in [9.17, 15) is 9.59 Å². The molecule has 0 fully saturated rings. The molecular weight excluding hydrogens is 422 g/mol. The Morgan fingerprint density at radius 3 is 3.00 bits per heavy atom. The summed E-state index contributed by atoms with van der Waals surface area (Å²) in [5.74, 6) is 2.97. The van der Waals surface area contributed by atoms with Gasteiger partial charge < -0.3 is 14.8 Å². The molecule has 0 bridgehead atoms. The first kappa shape index (κ1) is 21.9. The number of rotatable bonds is 5. The number of halogens is 1. The molecule has 1 aromatic heterocycles. The molecule has 0 saturated heterocycles. The van der Waals surface area contributed by atoms with E-state index in [-0.39, 0.29) is 12.5 Å². The van der Waals surface area contributed by atoms with Gasteiger partial charge in [-0.25, -0.2) is 9.48 Å². The Hall–Kier alpha value is -3.77. The zero-order valence-electron chi connectivity index (χ0n) is 17.1. The highest BCUT2D eigenvalue weighted by Crippen LogP contribution is 2.34. The van der Waals surface area contributed by atoms with Crippen LogP contribution in [0, 0.1) is 12.3 Å². The Morgan fingerprint density at radius 2 is 2.29 bits per heavy atom. The van der Waals surface area contributed by atoms with Crippen LogP contribution >= 0.6 is 11.6 Å². The summed E-state index contributed by atoms with van der Waals surface area (Å²) in [7, 11) is 1.63. The molecule has 2 aromatic rings. The van der Waals surface area contributed by atoms with Gasteiger partial charge in [0.1, 0.15) is 17.5 Å². The number of terminal acetylenes is 1. The monoisotopic (exact) mass is 441 g/mol. The number of nitrogens with one attached hydrogen (secondary N) is 2. The van der Waals surface area contributed by atoms with Gasteiger partial charge in [-0.1, -0.05) is 28.8 Å². The van der Waals surface area contributed by atoms with E-state index in [1.807, 2.05) is 0 Å². The van der Waals surface area contributed by atoms with Gasteiger partial charge in [0, 0.05) is 23.2 Å². The van der Waals surface area contributed by atoms with Crippen LogP contribution in [0.25, 0.3) is 11.3 Å². The lowest BCUT2D eigenvalue weighted by Crippen LogP contribution is -2.25. The van der Waals surface area contributed by atoms with Gasteiger partial charge in [-0.3, -0.25) is 10.1 Å². The van der Waals surface area contributed by atoms with Crippen molar-refractivity contribution in [3.63, 3.8) is 0 Å². The average molecular weight is 442 g/mol. The van der Waals surface area contributed by atoms with Crippen LogP contribution in [-0.4, -0.2) is 39.7 Å². The van der Waals surface area contributed by atoms with Gasteiger partial charge in [0.05, 0.1) is 5.69 Å². The number of hydrogen-bond acceptors (Lipinski definition) is 6. The van der Waals surface area contributed by atoms with Crippen molar-refractivity contribution in [1.82, 2.24) is 15.0 Å². The minimum atomic E-state index is -0.717. The molecule has 10 heteroatoms. The van der Waals surface area contributed by atoms with E-state index in [0.29, 0.717) is 39.1 Å². The van der Waals surface area contributed by atoms with Crippen LogP contribution < -0.4 is 15.4 Å². The summed E-state index contributed by atoms with van der Waals surface area (Å²) in [6.45, 7) is 3.29. The Morgan fingerprint density at radius 1 is 1.52 bits per heavy atom. The van der Waals surface area contributed by atoms with Crippen LogP contribution in [0.2, 0.25) is 0 Å². The molecule has 0 unspecified atom stereocenters. The predicted octanol–water partition coefficient (Wildman–Crippen LogP) is 3.45. The first-order valence-corrected chi connectivity index (χ1v) is 9.61. The molecule has 0 spiro atoms. The number of anilines is 2. The SMILES string of the molecule is C#C/C=C\C(=C(/C)Cl)[C@@H](C)OC(=O)Nc1c(-c2ccc3c(c2)OCC(=O)N3)nnn1C. The number of carbonyl (C=O) groups excluding carboxylic acids is 2. The molecule has 0 radical (unpaired) electrons. The van der Waals surface area contributed by atoms with Crippen LogP contribution in [0.1, 0.15) is 13.8 Å². The van der Waals surface area contributed by atoms with E-state index in [4.69, 9.17) is 27.5 Å². The summed E-state index contributed by atoms with van der Waals surface area (Å²) in [5, 5.41) is 13.9. The highest BCUT2D eigenvalue weighted by Gasteiger charge is 2.22. The Kier molecular flexibility index (Phi) is 6.62. The van der Waals surface area contributed by atoms with Gasteiger partial charge >= 0.3 is 6.09 Å². The lowest BCUT2D eigenvalue weighted by molar-refractivity contribution is -0.118. The Balaban J connectivity index is 1.80. The molecule has 31 heavy (non-hydrogen) atoms. The molecule has 2 amide bonds. The number of fused-ring (bicyclic) bond motifs is 1. The third kappa shape index (κ3) is 5.05. The number of aromatic nitrogens is 3. The molecule has 0 aliphatic carbocycles. The van der Waals surface area contributed by atoms with Gasteiger partial charge in [-0.15, -0.1) is 11.5 Å². The average Bonchev–Trinajstić information content (AvgIpc) is 3.07. The van der Waals surface area contributed by atoms with Gasteiger partial charge in [-0.2, -0.15) is 0 Å². The zero-order valence-corrected chi connectivity index (χ0v) is 17.9. The van der Waals surface area contributed by atoms with E-state index < -0.39 is 12.2 Å². The van der Waals surface area contributed by atoms with E-state index in [0.717, 1.165) is 0 Å². The maximum atomic E-state index is 12.5. The van der Waals surface area contributed by atoms with E-state index in [2.05, 4.69) is 26.9 Å². The molecule has 2 heterocycles. The fraction of sp³-hybridized carbons (Fsp3) is 0.238. The maximum absolute atomic E-state index is 12.5. The molecule has 1 aromatic carbocycles. The number of hydrogen-bond donors (Lipinski definition) is 2. The zero-order chi connectivity index (χ0) is 22.5. The number of carbonyl (C=O) groups is 2. The van der Waals surface area contributed by atoms with E-state index in [1.54, 1.807) is 45.2 Å². The minimum absolute atomic E-state index is 0.0732. The van der Waals surface area contributed by atoms with Crippen LogP contribution in [0.3, 0.4) is 0 Å². The van der Waals surface area contributed by atoms with Crippen LogP contribution in [0.15, 0.2) is 41.0 Å². The molecule has 2 N–H and O–H groups in total. The van der Waals surface area contributed by atoms with E-state index in [1.165, 1.54) is 10.8 Å². The van der Waals surface area contributed by atoms with Crippen molar-refractivity contribution in [2.75, 3.05) is 17.2 Å². The van der Waals surface area contributed by atoms with Crippen molar-refractivity contribution in [1.29, 1.82) is 0 Å². The largest absolute Gasteiger partial charge is 0.482 e. The first-order chi connectivity index (χ1) is 14.8. The smallest absolute Gasteiger partial charge is 0.413 e. The third-order valence-electron chi connectivity index (χ3n) is 4.41. The molecule has 0 saturated carbocycles. The lowest BCUT2D eigenvalue weighted by Gasteiger charge is -2.18. The van der Waals surface area contributed by atoms with Crippen LogP contribution in [0.5, 0.6) is 5.75 Å². The van der Waals surface area contributed by atoms with Crippen molar-refractivity contribution in [3.8, 4) is 29.4 Å². The second kappa shape index (κ2) is 9.36. The van der Waals surface area contributed by atoms with Gasteiger partial charge in [-0.05, 0) is 38.1 Å². The van der Waals surface area contributed by atoms with Crippen LogP contribution in [0.4, 0.5) is 16.3 Å². The predicted molar refractivity (Wildman–Crippen MR) is 117 cm³/mol. The number of benzene rings is 1. The Bertz CT molecular complexity index is 1130. The maximum Gasteiger partial charge on any atom is 0.413 e. The van der Waals surface area contributed by atoms with Crippen molar-refractivity contribution in [3.05, 3.63) is 41.0 Å². The summed E-state index contributed by atoms with van der Waals surface area (Å²) in [6, 6.07) is 5.14. The standard InChI is InChI=1S/C21H20ClN5O4/c1-5-6-7-15(12(2)22)13(3)31-21(29)24-20-19(25-26-27(20)4)14-8-9-16-17(10-14)30-11-18(28)23-16/h1,6-10,13H,11H2,2-4H3,(H,23,28)(H,24,29)/b7-6-,15-12-/t13-/m1/s1. The van der Waals surface area contributed by atoms with Crippen molar-refractivity contribution >= 4 is 35.1 Å². The topological polar surface area (TPSA) is 107 Å². The van der Waals surface area contributed by atoms with Crippen molar-refractivity contribution in [2.45, 2.75) is 20.0 Å². The number of ether oxygens (including phenoxy) is 2. The quantitative estimate of drug-likeness (QED) is 0.543. The summed E-state index contributed by atoms with van der Waals surface area (Å²) in [6.07, 6.45) is 6.96. The molecule has 3 rings (SSSR count). The molecule has 1 aliphatic rings. The minimum Gasteiger partial charge on any atom is -0.482 e. The van der Waals surface area contributed by atoms with Crippen molar-refractivity contribution in [2.24, 2.45) is 7.05 Å². The van der Waals surface area contributed by atoms with E-state index >= 15 is 0 Å². The van der Waals surface area contributed by atoms with Gasteiger partial charge in [0.25, 0.3) is 5.91 Å². The fourth-order valence-corrected chi connectivity index (χ4v) is 3.15. The summed E-state index contributed by atoms with van der Waals surface area (Å²) in [4.78, 5) is 24.0. The van der Waals surface area contributed by atoms with Gasteiger partial charge in [0.2, 0.25) is 0 Å². The number of amides is 2. The second-order valence-corrected chi connectivity index (χ2v) is 7.19. The van der Waals surface area contributed by atoms with Crippen LogP contribution in [-0.2, 0) is 16.6 Å². The Labute approximate surface area is 184 Å². The van der Waals surface area contributed by atoms with Crippen molar-refractivity contribution < 1.29 is 19.1 Å². The lowest BCUT2D eigenvalue weighted by atomic mass is 10.1. The molecule has 1 atom stereocenters.